The molecule has 17 heavy (non-hydrogen) atoms. The maximum atomic E-state index is 11.2. The highest BCUT2D eigenvalue weighted by Gasteiger charge is 2.26. The van der Waals surface area contributed by atoms with Crippen LogP contribution in [0.5, 0.6) is 5.75 Å². The van der Waals surface area contributed by atoms with Gasteiger partial charge in [0.2, 0.25) is 0 Å². The van der Waals surface area contributed by atoms with Crippen molar-refractivity contribution in [2.45, 2.75) is 32.3 Å². The molecule has 1 heterocycles. The van der Waals surface area contributed by atoms with Gasteiger partial charge in [-0.2, -0.15) is 0 Å². The van der Waals surface area contributed by atoms with Crippen LogP contribution in [-0.2, 0) is 4.79 Å². The van der Waals surface area contributed by atoms with E-state index in [-0.39, 0.29) is 6.10 Å². The molecule has 1 N–H and O–H groups in total. The van der Waals surface area contributed by atoms with E-state index in [2.05, 4.69) is 6.92 Å². The van der Waals surface area contributed by atoms with Crippen molar-refractivity contribution in [3.05, 3.63) is 35.4 Å². The summed E-state index contributed by atoms with van der Waals surface area (Å²) in [5, 5.41) is 9.19. The minimum absolute atomic E-state index is 0.317. The number of carbonyl (C=O) groups is 1. The van der Waals surface area contributed by atoms with E-state index in [9.17, 15) is 9.90 Å². The number of rotatable bonds is 4. The summed E-state index contributed by atoms with van der Waals surface area (Å²) in [7, 11) is 0. The molecule has 0 radical (unpaired) electrons. The Morgan fingerprint density at radius 2 is 2.18 bits per heavy atom. The molecule has 0 saturated carbocycles. The molecule has 1 aliphatic heterocycles. The van der Waals surface area contributed by atoms with Crippen LogP contribution in [0.25, 0.3) is 6.08 Å². The van der Waals surface area contributed by atoms with E-state index in [1.165, 1.54) is 0 Å². The Hall–Kier alpha value is -1.77. The third-order valence-electron chi connectivity index (χ3n) is 2.91. The fraction of sp³-hybridized carbons (Fsp3) is 0.357. The highest BCUT2D eigenvalue weighted by Crippen LogP contribution is 2.31. The molecule has 3 heteroatoms. The fourth-order valence-corrected chi connectivity index (χ4v) is 1.99. The van der Waals surface area contributed by atoms with Crippen LogP contribution in [0.1, 0.15) is 31.7 Å². The topological polar surface area (TPSA) is 46.5 Å². The highest BCUT2D eigenvalue weighted by molar-refractivity contribution is 5.94. The molecule has 0 fully saturated rings. The molecule has 0 aromatic heterocycles. The zero-order valence-corrected chi connectivity index (χ0v) is 9.85. The van der Waals surface area contributed by atoms with Gasteiger partial charge < -0.3 is 9.84 Å². The number of carboxylic acids is 1. The number of benzene rings is 1. The Labute approximate surface area is 101 Å². The molecule has 1 unspecified atom stereocenters. The average Bonchev–Trinajstić information content (AvgIpc) is 2.35. The second-order valence-corrected chi connectivity index (χ2v) is 4.19. The number of fused-ring (bicyclic) bond motifs is 1. The number of carboxylic acid groups (broad SMARTS) is 1. The summed E-state index contributed by atoms with van der Waals surface area (Å²) in [5.41, 5.74) is 1.20. The van der Waals surface area contributed by atoms with E-state index in [1.807, 2.05) is 24.3 Å². The lowest BCUT2D eigenvalue weighted by Gasteiger charge is -2.25. The van der Waals surface area contributed by atoms with E-state index in [4.69, 9.17) is 4.74 Å². The first-order valence-electron chi connectivity index (χ1n) is 5.93. The Balaban J connectivity index is 2.29. The lowest BCUT2D eigenvalue weighted by Crippen LogP contribution is -2.27. The molecule has 0 bridgehead atoms. The second kappa shape index (κ2) is 5.04. The van der Waals surface area contributed by atoms with Crippen molar-refractivity contribution < 1.29 is 14.6 Å². The van der Waals surface area contributed by atoms with Crippen LogP contribution in [0, 0.1) is 0 Å². The van der Waals surface area contributed by atoms with Crippen molar-refractivity contribution >= 4 is 12.0 Å². The SMILES string of the molecule is CCCCC1Oc2ccccc2C=C1C(=O)O. The fourth-order valence-electron chi connectivity index (χ4n) is 1.99. The van der Waals surface area contributed by atoms with Crippen molar-refractivity contribution in [1.29, 1.82) is 0 Å². The molecule has 0 spiro atoms. The minimum atomic E-state index is -0.888. The van der Waals surface area contributed by atoms with Crippen molar-refractivity contribution in [2.75, 3.05) is 0 Å². The van der Waals surface area contributed by atoms with Crippen LogP contribution in [0.2, 0.25) is 0 Å². The van der Waals surface area contributed by atoms with E-state index >= 15 is 0 Å². The largest absolute Gasteiger partial charge is 0.485 e. The van der Waals surface area contributed by atoms with Crippen LogP contribution in [-0.4, -0.2) is 17.2 Å². The van der Waals surface area contributed by atoms with Gasteiger partial charge in [0.05, 0.1) is 5.57 Å². The highest BCUT2D eigenvalue weighted by atomic mass is 16.5. The van der Waals surface area contributed by atoms with Gasteiger partial charge in [0.25, 0.3) is 0 Å². The third kappa shape index (κ3) is 2.49. The van der Waals surface area contributed by atoms with Crippen molar-refractivity contribution in [3.8, 4) is 5.75 Å². The number of hydrogen-bond donors (Lipinski definition) is 1. The van der Waals surface area contributed by atoms with Crippen LogP contribution in [0.3, 0.4) is 0 Å². The van der Waals surface area contributed by atoms with Crippen LogP contribution in [0.15, 0.2) is 29.8 Å². The Morgan fingerprint density at radius 1 is 1.41 bits per heavy atom. The second-order valence-electron chi connectivity index (χ2n) is 4.19. The molecule has 1 aromatic carbocycles. The molecule has 90 valence electrons. The Bertz CT molecular complexity index is 449. The summed E-state index contributed by atoms with van der Waals surface area (Å²) in [6.07, 6.45) is 4.17. The zero-order chi connectivity index (χ0) is 12.3. The number of para-hydroxylation sites is 1. The van der Waals surface area contributed by atoms with Gasteiger partial charge in [-0.1, -0.05) is 31.5 Å². The minimum Gasteiger partial charge on any atom is -0.485 e. The summed E-state index contributed by atoms with van der Waals surface area (Å²) < 4.78 is 5.76. The summed E-state index contributed by atoms with van der Waals surface area (Å²) in [6, 6.07) is 7.53. The quantitative estimate of drug-likeness (QED) is 0.867. The number of ether oxygens (including phenoxy) is 1. The van der Waals surface area contributed by atoms with Gasteiger partial charge in [0, 0.05) is 5.56 Å². The molecule has 1 aromatic rings. The number of hydrogen-bond acceptors (Lipinski definition) is 2. The number of aliphatic carboxylic acids is 1. The van der Waals surface area contributed by atoms with E-state index in [0.717, 1.165) is 30.6 Å². The first kappa shape index (κ1) is 11.7. The van der Waals surface area contributed by atoms with Crippen LogP contribution >= 0.6 is 0 Å². The molecule has 1 aliphatic rings. The average molecular weight is 232 g/mol. The van der Waals surface area contributed by atoms with Gasteiger partial charge in [0.15, 0.2) is 0 Å². The first-order valence-corrected chi connectivity index (χ1v) is 5.93. The monoisotopic (exact) mass is 232 g/mol. The Morgan fingerprint density at radius 3 is 2.88 bits per heavy atom. The van der Waals surface area contributed by atoms with Gasteiger partial charge in [0.1, 0.15) is 11.9 Å². The van der Waals surface area contributed by atoms with Crippen molar-refractivity contribution in [3.63, 3.8) is 0 Å². The lowest BCUT2D eigenvalue weighted by atomic mass is 9.98. The molecule has 3 nitrogen and oxygen atoms in total. The molecule has 0 saturated heterocycles. The van der Waals surface area contributed by atoms with E-state index in [1.54, 1.807) is 6.08 Å². The van der Waals surface area contributed by atoms with Gasteiger partial charge in [-0.15, -0.1) is 0 Å². The first-order chi connectivity index (χ1) is 8.22. The van der Waals surface area contributed by atoms with Crippen LogP contribution < -0.4 is 4.74 Å². The third-order valence-corrected chi connectivity index (χ3v) is 2.91. The maximum Gasteiger partial charge on any atom is 0.335 e. The molecule has 1 atom stereocenters. The predicted octanol–water partition coefficient (Wildman–Crippen LogP) is 3.11. The maximum absolute atomic E-state index is 11.2. The van der Waals surface area contributed by atoms with E-state index < -0.39 is 5.97 Å². The molecule has 0 amide bonds. The van der Waals surface area contributed by atoms with Gasteiger partial charge in [-0.05, 0) is 25.0 Å². The van der Waals surface area contributed by atoms with E-state index in [0.29, 0.717) is 5.57 Å². The normalized spacial score (nSPS) is 17.9. The Kier molecular flexibility index (Phi) is 3.47. The van der Waals surface area contributed by atoms with Gasteiger partial charge >= 0.3 is 5.97 Å². The number of unbranched alkanes of at least 4 members (excludes halogenated alkanes) is 1. The van der Waals surface area contributed by atoms with Crippen molar-refractivity contribution in [1.82, 2.24) is 0 Å². The van der Waals surface area contributed by atoms with Gasteiger partial charge in [-0.25, -0.2) is 4.79 Å². The van der Waals surface area contributed by atoms with Crippen LogP contribution in [0.4, 0.5) is 0 Å². The summed E-state index contributed by atoms with van der Waals surface area (Å²) in [6.45, 7) is 2.08. The summed E-state index contributed by atoms with van der Waals surface area (Å²) >= 11 is 0. The summed E-state index contributed by atoms with van der Waals surface area (Å²) in [5.74, 6) is -0.112. The predicted molar refractivity (Wildman–Crippen MR) is 66.0 cm³/mol. The lowest BCUT2D eigenvalue weighted by molar-refractivity contribution is -0.133. The smallest absolute Gasteiger partial charge is 0.335 e. The molecule has 0 aliphatic carbocycles. The molecular weight excluding hydrogens is 216 g/mol. The van der Waals surface area contributed by atoms with Crippen molar-refractivity contribution in [2.24, 2.45) is 0 Å². The zero-order valence-electron chi connectivity index (χ0n) is 9.85. The van der Waals surface area contributed by atoms with Gasteiger partial charge in [-0.3, -0.25) is 0 Å². The standard InChI is InChI=1S/C14H16O3/c1-2-3-7-13-11(14(15)16)9-10-6-4-5-8-12(10)17-13/h4-6,8-9,13H,2-3,7H2,1H3,(H,15,16). The summed E-state index contributed by atoms with van der Waals surface area (Å²) in [4.78, 5) is 11.2. The molecule has 2 rings (SSSR count). The molecular formula is C14H16O3.